The van der Waals surface area contributed by atoms with Gasteiger partial charge in [-0.2, -0.15) is 0 Å². The van der Waals surface area contributed by atoms with Crippen LogP contribution >= 0.6 is 0 Å². The van der Waals surface area contributed by atoms with Crippen LogP contribution in [0.2, 0.25) is 0 Å². The van der Waals surface area contributed by atoms with Crippen molar-refractivity contribution in [3.63, 3.8) is 0 Å². The summed E-state index contributed by atoms with van der Waals surface area (Å²) in [6.45, 7) is 2.16. The average Bonchev–Trinajstić information content (AvgIpc) is 2.48. The minimum atomic E-state index is 0.318. The van der Waals surface area contributed by atoms with Crippen LogP contribution in [0.3, 0.4) is 0 Å². The highest BCUT2D eigenvalue weighted by Gasteiger charge is 2.20. The van der Waals surface area contributed by atoms with E-state index >= 15 is 0 Å². The van der Waals surface area contributed by atoms with E-state index in [0.29, 0.717) is 6.04 Å². The van der Waals surface area contributed by atoms with Gasteiger partial charge in [0.15, 0.2) is 0 Å². The van der Waals surface area contributed by atoms with Crippen molar-refractivity contribution in [2.75, 3.05) is 11.1 Å². The molecule has 1 unspecified atom stereocenters. The third-order valence-corrected chi connectivity index (χ3v) is 4.03. The number of hydrogen-bond donors (Lipinski definition) is 2. The average molecular weight is 282 g/mol. The van der Waals surface area contributed by atoms with Crippen molar-refractivity contribution in [3.05, 3.63) is 47.4 Å². The van der Waals surface area contributed by atoms with E-state index in [1.807, 2.05) is 6.07 Å². The monoisotopic (exact) mass is 282 g/mol. The number of anilines is 2. The number of nitrogens with zero attached hydrogens (tertiary/aromatic N) is 2. The molecule has 1 heterocycles. The predicted molar refractivity (Wildman–Crippen MR) is 86.2 cm³/mol. The largest absolute Gasteiger partial charge is 0.399 e. The molecule has 21 heavy (non-hydrogen) atoms. The van der Waals surface area contributed by atoms with Gasteiger partial charge in [-0.15, -0.1) is 0 Å². The molecule has 2 aromatic rings. The molecule has 1 atom stereocenters. The van der Waals surface area contributed by atoms with Crippen molar-refractivity contribution in [3.8, 4) is 0 Å². The minimum Gasteiger partial charge on any atom is -0.399 e. The van der Waals surface area contributed by atoms with Gasteiger partial charge in [-0.3, -0.25) is 0 Å². The molecule has 0 saturated carbocycles. The molecule has 0 radical (unpaired) electrons. The Morgan fingerprint density at radius 1 is 1.29 bits per heavy atom. The van der Waals surface area contributed by atoms with Crippen LogP contribution in [-0.4, -0.2) is 9.97 Å². The third kappa shape index (κ3) is 3.15. The molecule has 0 spiro atoms. The van der Waals surface area contributed by atoms with Gasteiger partial charge in [0.1, 0.15) is 12.1 Å². The van der Waals surface area contributed by atoms with Crippen LogP contribution in [-0.2, 0) is 12.8 Å². The number of nitrogen functional groups attached to an aromatic ring is 1. The summed E-state index contributed by atoms with van der Waals surface area (Å²) < 4.78 is 0. The summed E-state index contributed by atoms with van der Waals surface area (Å²) in [6, 6.07) is 8.62. The lowest BCUT2D eigenvalue weighted by Gasteiger charge is -2.27. The van der Waals surface area contributed by atoms with Crippen LogP contribution in [0, 0.1) is 0 Å². The first-order valence-corrected chi connectivity index (χ1v) is 7.72. The number of benzene rings is 1. The Bertz CT molecular complexity index is 624. The normalized spacial score (nSPS) is 17.3. The Labute approximate surface area is 125 Å². The van der Waals surface area contributed by atoms with Crippen molar-refractivity contribution in [2.24, 2.45) is 0 Å². The van der Waals surface area contributed by atoms with Gasteiger partial charge in [-0.05, 0) is 48.9 Å². The summed E-state index contributed by atoms with van der Waals surface area (Å²) in [5.74, 6) is 0.920. The summed E-state index contributed by atoms with van der Waals surface area (Å²) >= 11 is 0. The van der Waals surface area contributed by atoms with E-state index in [9.17, 15) is 0 Å². The summed E-state index contributed by atoms with van der Waals surface area (Å²) in [5, 5.41) is 3.56. The quantitative estimate of drug-likeness (QED) is 0.842. The van der Waals surface area contributed by atoms with Gasteiger partial charge in [0, 0.05) is 17.4 Å². The second-order valence-corrected chi connectivity index (χ2v) is 5.69. The Morgan fingerprint density at radius 2 is 2.19 bits per heavy atom. The van der Waals surface area contributed by atoms with E-state index in [1.54, 1.807) is 6.33 Å². The zero-order chi connectivity index (χ0) is 14.7. The first-order chi connectivity index (χ1) is 10.3. The lowest BCUT2D eigenvalue weighted by molar-refractivity contribution is 0.598. The number of aromatic nitrogens is 2. The van der Waals surface area contributed by atoms with Gasteiger partial charge in [-0.1, -0.05) is 19.4 Å². The van der Waals surface area contributed by atoms with Crippen LogP contribution in [0.1, 0.15) is 49.0 Å². The lowest BCUT2D eigenvalue weighted by Crippen LogP contribution is -2.18. The fraction of sp³-hybridized carbons (Fsp3) is 0.412. The van der Waals surface area contributed by atoms with Gasteiger partial charge < -0.3 is 11.1 Å². The molecule has 0 fully saturated rings. The van der Waals surface area contributed by atoms with Crippen LogP contribution in [0.25, 0.3) is 0 Å². The zero-order valence-corrected chi connectivity index (χ0v) is 12.5. The van der Waals surface area contributed by atoms with Gasteiger partial charge in [0.2, 0.25) is 0 Å². The predicted octanol–water partition coefficient (Wildman–Crippen LogP) is 3.50. The maximum Gasteiger partial charge on any atom is 0.130 e. The molecule has 4 heteroatoms. The minimum absolute atomic E-state index is 0.318. The summed E-state index contributed by atoms with van der Waals surface area (Å²) in [4.78, 5) is 8.67. The van der Waals surface area contributed by atoms with Crippen LogP contribution in [0.15, 0.2) is 30.6 Å². The highest BCUT2D eigenvalue weighted by Crippen LogP contribution is 2.33. The standard InChI is InChI=1S/C17H22N4/c1-2-4-14-10-17(20-11-19-14)21-16-6-3-5-12-9-13(18)7-8-15(12)16/h7-11,16H,2-6,18H2,1H3,(H,19,20,21). The summed E-state index contributed by atoms with van der Waals surface area (Å²) in [6.07, 6.45) is 7.17. The van der Waals surface area contributed by atoms with Crippen molar-refractivity contribution in [1.82, 2.24) is 9.97 Å². The molecule has 0 amide bonds. The number of hydrogen-bond acceptors (Lipinski definition) is 4. The molecule has 0 bridgehead atoms. The second kappa shape index (κ2) is 6.12. The number of fused-ring (bicyclic) bond motifs is 1. The number of nitrogens with one attached hydrogen (secondary N) is 1. The Balaban J connectivity index is 1.81. The van der Waals surface area contributed by atoms with E-state index in [2.05, 4.69) is 40.4 Å². The van der Waals surface area contributed by atoms with Gasteiger partial charge in [-0.25, -0.2) is 9.97 Å². The van der Waals surface area contributed by atoms with E-state index < -0.39 is 0 Å². The van der Waals surface area contributed by atoms with Gasteiger partial charge in [0.25, 0.3) is 0 Å². The molecule has 110 valence electrons. The molecule has 3 N–H and O–H groups in total. The van der Waals surface area contributed by atoms with Crippen molar-refractivity contribution >= 4 is 11.5 Å². The topological polar surface area (TPSA) is 63.8 Å². The van der Waals surface area contributed by atoms with E-state index in [4.69, 9.17) is 5.73 Å². The third-order valence-electron chi connectivity index (χ3n) is 4.03. The molecule has 3 rings (SSSR count). The van der Waals surface area contributed by atoms with Crippen LogP contribution in [0.4, 0.5) is 11.5 Å². The highest BCUT2D eigenvalue weighted by molar-refractivity contribution is 5.49. The molecule has 1 aromatic heterocycles. The SMILES string of the molecule is CCCc1cc(NC2CCCc3cc(N)ccc32)ncn1. The molecule has 1 aliphatic carbocycles. The Hall–Kier alpha value is -2.10. The lowest BCUT2D eigenvalue weighted by atomic mass is 9.87. The van der Waals surface area contributed by atoms with Crippen molar-refractivity contribution in [2.45, 2.75) is 45.1 Å². The van der Waals surface area contributed by atoms with Crippen LogP contribution in [0.5, 0.6) is 0 Å². The molecule has 1 aromatic carbocycles. The fourth-order valence-electron chi connectivity index (χ4n) is 3.03. The molecule has 0 saturated heterocycles. The Morgan fingerprint density at radius 3 is 3.05 bits per heavy atom. The maximum atomic E-state index is 5.89. The molecular weight excluding hydrogens is 260 g/mol. The van der Waals surface area contributed by atoms with E-state index in [0.717, 1.165) is 42.9 Å². The van der Waals surface area contributed by atoms with Crippen molar-refractivity contribution in [1.29, 1.82) is 0 Å². The molecular formula is C17H22N4. The second-order valence-electron chi connectivity index (χ2n) is 5.69. The van der Waals surface area contributed by atoms with Crippen LogP contribution < -0.4 is 11.1 Å². The zero-order valence-electron chi connectivity index (χ0n) is 12.5. The fourth-order valence-corrected chi connectivity index (χ4v) is 3.03. The van der Waals surface area contributed by atoms with Gasteiger partial charge >= 0.3 is 0 Å². The smallest absolute Gasteiger partial charge is 0.130 e. The summed E-state index contributed by atoms with van der Waals surface area (Å²) in [5.41, 5.74) is 10.6. The molecule has 0 aliphatic heterocycles. The maximum absolute atomic E-state index is 5.89. The van der Waals surface area contributed by atoms with E-state index in [1.165, 1.54) is 17.5 Å². The van der Waals surface area contributed by atoms with Gasteiger partial charge in [0.05, 0.1) is 6.04 Å². The molecule has 4 nitrogen and oxygen atoms in total. The van der Waals surface area contributed by atoms with Crippen molar-refractivity contribution < 1.29 is 0 Å². The number of rotatable bonds is 4. The summed E-state index contributed by atoms with van der Waals surface area (Å²) in [7, 11) is 0. The highest BCUT2D eigenvalue weighted by atomic mass is 15.0. The first kappa shape index (κ1) is 13.9. The first-order valence-electron chi connectivity index (χ1n) is 7.72. The molecule has 1 aliphatic rings. The Kier molecular flexibility index (Phi) is 4.04. The number of nitrogens with two attached hydrogens (primary N) is 1. The van der Waals surface area contributed by atoms with E-state index in [-0.39, 0.29) is 0 Å². The number of aryl methyl sites for hydroxylation is 2.